The number of pyridine rings is 1. The van der Waals surface area contributed by atoms with Crippen LogP contribution in [0.25, 0.3) is 11.1 Å². The molecule has 2 bridgehead atoms. The van der Waals surface area contributed by atoms with Gasteiger partial charge in [0.1, 0.15) is 23.5 Å². The number of carboxylic acids is 1. The minimum absolute atomic E-state index is 0.00900. The van der Waals surface area contributed by atoms with Gasteiger partial charge in [-0.1, -0.05) is 19.8 Å². The van der Waals surface area contributed by atoms with Crippen LogP contribution in [-0.4, -0.2) is 58.3 Å². The van der Waals surface area contributed by atoms with E-state index in [1.54, 1.807) is 13.8 Å². The van der Waals surface area contributed by atoms with Crippen LogP contribution in [0.5, 0.6) is 0 Å². The zero-order chi connectivity index (χ0) is 38.2. The van der Waals surface area contributed by atoms with Crippen molar-refractivity contribution < 1.29 is 45.8 Å². The Morgan fingerprint density at radius 1 is 1.10 bits per heavy atom. The van der Waals surface area contributed by atoms with Gasteiger partial charge in [0.25, 0.3) is 5.56 Å². The van der Waals surface area contributed by atoms with E-state index in [4.69, 9.17) is 11.2 Å². The second kappa shape index (κ2) is 15.2. The van der Waals surface area contributed by atoms with E-state index >= 15 is 8.78 Å². The van der Waals surface area contributed by atoms with E-state index in [-0.39, 0.29) is 65.3 Å². The number of fused-ring (bicyclic) bond motifs is 2. The summed E-state index contributed by atoms with van der Waals surface area (Å²) in [4.78, 5) is 41.5. The summed E-state index contributed by atoms with van der Waals surface area (Å²) in [6, 6.07) is 0.418. The summed E-state index contributed by atoms with van der Waals surface area (Å²) in [6.07, 6.45) is 1.22. The van der Waals surface area contributed by atoms with Gasteiger partial charge in [-0.15, -0.1) is 6.42 Å². The molecule has 3 aromatic rings. The topological polar surface area (TPSA) is 101 Å². The number of hydrogen-bond acceptors (Lipinski definition) is 5. The highest BCUT2D eigenvalue weighted by Gasteiger charge is 2.40. The normalized spacial score (nSPS) is 18.4. The van der Waals surface area contributed by atoms with Gasteiger partial charge in [0.15, 0.2) is 0 Å². The SMILES string of the molecule is C#Cc1cc(-c2c(C)cc(F)cc2C)c(F)c([C@@H](CC(=O)O)NC(=O)[C@@H](CC(C)C)n2cc(CCN3C[C@H]4C[C@@H]3CO4)c(C(F)(F)F)cc2=O)c1F. The number of nitrogens with one attached hydrogen (secondary N) is 1. The number of nitrogens with zero attached hydrogens (tertiary/aromatic N) is 2. The van der Waals surface area contributed by atoms with Crippen LogP contribution < -0.4 is 10.9 Å². The third-order valence-electron chi connectivity index (χ3n) is 9.68. The van der Waals surface area contributed by atoms with Gasteiger partial charge in [-0.05, 0) is 79.5 Å². The van der Waals surface area contributed by atoms with E-state index in [0.717, 1.165) is 35.4 Å². The quantitative estimate of drug-likeness (QED) is 0.163. The Hall–Kier alpha value is -4.61. The number of benzene rings is 2. The number of hydrogen-bond donors (Lipinski definition) is 2. The molecule has 2 aliphatic heterocycles. The molecule has 0 radical (unpaired) electrons. The van der Waals surface area contributed by atoms with Crippen molar-refractivity contribution in [3.05, 3.63) is 91.6 Å². The number of aryl methyl sites for hydroxylation is 2. The zero-order valence-corrected chi connectivity index (χ0v) is 29.0. The minimum atomic E-state index is -4.88. The smallest absolute Gasteiger partial charge is 0.416 e. The molecule has 0 saturated carbocycles. The molecule has 4 atom stereocenters. The Balaban J connectivity index is 1.57. The minimum Gasteiger partial charge on any atom is -0.481 e. The summed E-state index contributed by atoms with van der Waals surface area (Å²) in [5.74, 6) is -3.99. The van der Waals surface area contributed by atoms with Crippen LogP contribution >= 0.6 is 0 Å². The lowest BCUT2D eigenvalue weighted by Gasteiger charge is -2.28. The van der Waals surface area contributed by atoms with Gasteiger partial charge in [-0.3, -0.25) is 19.3 Å². The van der Waals surface area contributed by atoms with Crippen LogP contribution in [0.1, 0.15) is 78.6 Å². The van der Waals surface area contributed by atoms with Crippen molar-refractivity contribution in [2.75, 3.05) is 19.7 Å². The largest absolute Gasteiger partial charge is 0.481 e. The molecule has 0 aliphatic carbocycles. The monoisotopic (exact) mass is 731 g/mol. The number of aliphatic carboxylic acids is 1. The van der Waals surface area contributed by atoms with E-state index < -0.39 is 76.3 Å². The first-order chi connectivity index (χ1) is 24.4. The Morgan fingerprint density at radius 3 is 2.31 bits per heavy atom. The van der Waals surface area contributed by atoms with Gasteiger partial charge >= 0.3 is 12.1 Å². The number of ether oxygens (including phenoxy) is 1. The molecule has 2 saturated heterocycles. The number of carboxylic acid groups (broad SMARTS) is 1. The number of likely N-dealkylation sites (tertiary alicyclic amines) is 1. The molecule has 2 fully saturated rings. The van der Waals surface area contributed by atoms with Gasteiger partial charge in [0.05, 0.1) is 36.3 Å². The van der Waals surface area contributed by atoms with Gasteiger partial charge < -0.3 is 19.7 Å². The summed E-state index contributed by atoms with van der Waals surface area (Å²) < 4.78 is 95.6. The molecule has 3 heterocycles. The predicted molar refractivity (Wildman–Crippen MR) is 180 cm³/mol. The van der Waals surface area contributed by atoms with Crippen LogP contribution in [0.4, 0.5) is 26.3 Å². The fourth-order valence-electron chi connectivity index (χ4n) is 7.36. The third kappa shape index (κ3) is 8.05. The standard InChI is InChI=1S/C38H39F6N3O5/c1-6-22-12-27(33-20(4)10-24(39)11-21(33)5)36(41)34(35(22)40)29(15-32(49)50)45-37(51)30(9-19(2)3)47-16-23(28(14-31(47)48)38(42,43)44)7-8-46-17-26-13-25(46)18-52-26/h1,10-12,14,16,19,25-26,29-30H,7-9,13,15,17-18H2,2-5H3,(H,45,51)(H,49,50)/t25-,26-,29-,30-/m1/s1. The van der Waals surface area contributed by atoms with Gasteiger partial charge in [-0.25, -0.2) is 13.2 Å². The molecule has 1 aromatic heterocycles. The Bertz CT molecular complexity index is 1960. The fraction of sp³-hybridized carbons (Fsp3) is 0.447. The highest BCUT2D eigenvalue weighted by atomic mass is 19.4. The van der Waals surface area contributed by atoms with Gasteiger partial charge in [0.2, 0.25) is 5.91 Å². The third-order valence-corrected chi connectivity index (χ3v) is 9.68. The molecule has 14 heteroatoms. The van der Waals surface area contributed by atoms with Crippen molar-refractivity contribution in [2.24, 2.45) is 5.92 Å². The first-order valence-corrected chi connectivity index (χ1v) is 16.8. The summed E-state index contributed by atoms with van der Waals surface area (Å²) in [6.45, 7) is 7.67. The van der Waals surface area contributed by atoms with Crippen molar-refractivity contribution in [3.8, 4) is 23.5 Å². The lowest BCUT2D eigenvalue weighted by Crippen LogP contribution is -2.41. The average Bonchev–Trinajstić information content (AvgIpc) is 3.66. The summed E-state index contributed by atoms with van der Waals surface area (Å²) in [5, 5.41) is 12.2. The molecule has 8 nitrogen and oxygen atoms in total. The van der Waals surface area contributed by atoms with Crippen molar-refractivity contribution in [1.82, 2.24) is 14.8 Å². The number of amides is 1. The molecule has 52 heavy (non-hydrogen) atoms. The summed E-state index contributed by atoms with van der Waals surface area (Å²) in [5.41, 5.74) is -3.39. The molecule has 2 aliphatic rings. The lowest BCUT2D eigenvalue weighted by atomic mass is 9.89. The van der Waals surface area contributed by atoms with Gasteiger partial charge in [-0.2, -0.15) is 13.2 Å². The maximum atomic E-state index is 16.5. The molecule has 5 rings (SSSR count). The average molecular weight is 732 g/mol. The number of carbonyl (C=O) groups excluding carboxylic acids is 1. The van der Waals surface area contributed by atoms with Crippen molar-refractivity contribution in [2.45, 2.75) is 83.8 Å². The molecule has 0 spiro atoms. The Kier molecular flexibility index (Phi) is 11.3. The van der Waals surface area contributed by atoms with E-state index in [9.17, 15) is 37.1 Å². The second-order valence-electron chi connectivity index (χ2n) is 13.9. The number of rotatable bonds is 12. The number of carbonyl (C=O) groups is 2. The predicted octanol–water partition coefficient (Wildman–Crippen LogP) is 6.48. The number of alkyl halides is 3. The van der Waals surface area contributed by atoms with Crippen molar-refractivity contribution in [3.63, 3.8) is 0 Å². The lowest BCUT2D eigenvalue weighted by molar-refractivity contribution is -0.139. The van der Waals surface area contributed by atoms with Crippen molar-refractivity contribution in [1.29, 1.82) is 0 Å². The van der Waals surface area contributed by atoms with Crippen LogP contribution in [0.3, 0.4) is 0 Å². The Labute approximate surface area is 296 Å². The van der Waals surface area contributed by atoms with E-state index in [1.807, 2.05) is 4.90 Å². The molecule has 0 unspecified atom stereocenters. The maximum Gasteiger partial charge on any atom is 0.416 e. The molecule has 1 amide bonds. The molecular formula is C38H39F6N3O5. The molecule has 2 N–H and O–H groups in total. The van der Waals surface area contributed by atoms with E-state index in [2.05, 4.69) is 11.2 Å². The van der Waals surface area contributed by atoms with Crippen LogP contribution in [0.15, 0.2) is 35.3 Å². The van der Waals surface area contributed by atoms with E-state index in [1.165, 1.54) is 13.8 Å². The second-order valence-corrected chi connectivity index (χ2v) is 13.9. The number of terminal acetylenes is 1. The fourth-order valence-corrected chi connectivity index (χ4v) is 7.36. The summed E-state index contributed by atoms with van der Waals surface area (Å²) >= 11 is 0. The van der Waals surface area contributed by atoms with Crippen molar-refractivity contribution >= 4 is 11.9 Å². The maximum absolute atomic E-state index is 16.5. The first-order valence-electron chi connectivity index (χ1n) is 16.8. The highest BCUT2D eigenvalue weighted by molar-refractivity contribution is 5.82. The highest BCUT2D eigenvalue weighted by Crippen LogP contribution is 2.38. The van der Waals surface area contributed by atoms with Crippen LogP contribution in [0.2, 0.25) is 0 Å². The molecule has 278 valence electrons. The molecular weight excluding hydrogens is 692 g/mol. The van der Waals surface area contributed by atoms with Crippen LogP contribution in [-0.2, 0) is 26.9 Å². The van der Waals surface area contributed by atoms with Gasteiger partial charge in [0, 0.05) is 42.5 Å². The van der Waals surface area contributed by atoms with Crippen LogP contribution in [0, 0.1) is 49.6 Å². The Morgan fingerprint density at radius 2 is 1.77 bits per heavy atom. The number of halogens is 6. The first kappa shape index (κ1) is 38.6. The van der Waals surface area contributed by atoms with E-state index in [0.29, 0.717) is 19.2 Å². The molecule has 2 aromatic carbocycles. The summed E-state index contributed by atoms with van der Waals surface area (Å²) in [7, 11) is 0. The number of morpholine rings is 1. The number of aromatic nitrogens is 1. The zero-order valence-electron chi connectivity index (χ0n) is 29.0.